The van der Waals surface area contributed by atoms with Gasteiger partial charge in [0.15, 0.2) is 0 Å². The van der Waals surface area contributed by atoms with Crippen LogP contribution in [0.5, 0.6) is 0 Å². The van der Waals surface area contributed by atoms with Crippen molar-refractivity contribution in [3.63, 3.8) is 0 Å². The number of imidazole rings is 1. The van der Waals surface area contributed by atoms with Crippen molar-refractivity contribution in [1.82, 2.24) is 9.13 Å². The SMILES string of the molecule is Cn1c(=O)n(C2CC2)c2cc(CC=O)ccc21. The number of hydrogen-bond donors (Lipinski definition) is 0. The number of nitrogens with zero attached hydrogens (tertiary/aromatic N) is 2. The van der Waals surface area contributed by atoms with E-state index in [0.717, 1.165) is 35.7 Å². The third-order valence-corrected chi connectivity index (χ3v) is 3.38. The molecule has 1 heterocycles. The molecule has 1 aliphatic carbocycles. The van der Waals surface area contributed by atoms with Gasteiger partial charge in [0, 0.05) is 19.5 Å². The minimum Gasteiger partial charge on any atom is -0.303 e. The van der Waals surface area contributed by atoms with Crippen molar-refractivity contribution in [2.24, 2.45) is 7.05 Å². The first-order valence-electron chi connectivity index (χ1n) is 5.86. The van der Waals surface area contributed by atoms with Gasteiger partial charge in [-0.05, 0) is 30.5 Å². The number of carbonyl (C=O) groups excluding carboxylic acids is 1. The maximum absolute atomic E-state index is 12.1. The van der Waals surface area contributed by atoms with Gasteiger partial charge in [0.2, 0.25) is 0 Å². The van der Waals surface area contributed by atoms with Crippen LogP contribution in [-0.2, 0) is 18.3 Å². The predicted molar refractivity (Wildman–Crippen MR) is 65.2 cm³/mol. The number of fused-ring (bicyclic) bond motifs is 1. The lowest BCUT2D eigenvalue weighted by molar-refractivity contribution is -0.107. The van der Waals surface area contributed by atoms with Crippen molar-refractivity contribution < 1.29 is 4.79 Å². The summed E-state index contributed by atoms with van der Waals surface area (Å²) in [6, 6.07) is 6.16. The van der Waals surface area contributed by atoms with Crippen LogP contribution >= 0.6 is 0 Å². The molecule has 1 aromatic carbocycles. The first kappa shape index (κ1) is 10.3. The van der Waals surface area contributed by atoms with Crippen LogP contribution in [0.2, 0.25) is 0 Å². The molecule has 4 heteroatoms. The molecule has 1 aliphatic rings. The minimum absolute atomic E-state index is 0.0470. The summed E-state index contributed by atoms with van der Waals surface area (Å²) in [4.78, 5) is 22.6. The molecule has 1 aromatic heterocycles. The summed E-state index contributed by atoms with van der Waals surface area (Å²) in [5, 5.41) is 0. The van der Waals surface area contributed by atoms with Crippen molar-refractivity contribution in [2.45, 2.75) is 25.3 Å². The standard InChI is InChI=1S/C13H14N2O2/c1-14-11-5-2-9(6-7-16)8-12(11)15(13(14)17)10-3-4-10/h2,5,7-8,10H,3-4,6H2,1H3. The number of aromatic nitrogens is 2. The zero-order chi connectivity index (χ0) is 12.0. The summed E-state index contributed by atoms with van der Waals surface area (Å²) in [5.41, 5.74) is 2.91. The smallest absolute Gasteiger partial charge is 0.303 e. The highest BCUT2D eigenvalue weighted by Gasteiger charge is 2.28. The molecule has 0 radical (unpaired) electrons. The van der Waals surface area contributed by atoms with E-state index < -0.39 is 0 Å². The van der Waals surface area contributed by atoms with Crippen molar-refractivity contribution in [1.29, 1.82) is 0 Å². The lowest BCUT2D eigenvalue weighted by atomic mass is 10.1. The second kappa shape index (κ2) is 3.58. The summed E-state index contributed by atoms with van der Waals surface area (Å²) >= 11 is 0. The molecule has 0 aliphatic heterocycles. The van der Waals surface area contributed by atoms with Gasteiger partial charge < -0.3 is 4.79 Å². The average Bonchev–Trinajstić information content (AvgIpc) is 3.10. The Morgan fingerprint density at radius 1 is 1.35 bits per heavy atom. The number of benzene rings is 1. The van der Waals surface area contributed by atoms with E-state index in [-0.39, 0.29) is 5.69 Å². The molecule has 1 fully saturated rings. The fraction of sp³-hybridized carbons (Fsp3) is 0.385. The van der Waals surface area contributed by atoms with Crippen LogP contribution in [-0.4, -0.2) is 15.4 Å². The van der Waals surface area contributed by atoms with Gasteiger partial charge in [-0.25, -0.2) is 4.79 Å². The highest BCUT2D eigenvalue weighted by atomic mass is 16.1. The maximum atomic E-state index is 12.1. The lowest BCUT2D eigenvalue weighted by Gasteiger charge is -2.01. The molecule has 2 aromatic rings. The molecule has 0 atom stereocenters. The summed E-state index contributed by atoms with van der Waals surface area (Å²) < 4.78 is 3.54. The van der Waals surface area contributed by atoms with Crippen LogP contribution in [0.25, 0.3) is 11.0 Å². The zero-order valence-electron chi connectivity index (χ0n) is 9.72. The molecule has 0 unspecified atom stereocenters. The van der Waals surface area contributed by atoms with Crippen molar-refractivity contribution in [3.8, 4) is 0 Å². The van der Waals surface area contributed by atoms with Crippen LogP contribution in [0.1, 0.15) is 24.4 Å². The van der Waals surface area contributed by atoms with Gasteiger partial charge in [0.1, 0.15) is 6.29 Å². The molecule has 88 valence electrons. The number of hydrogen-bond acceptors (Lipinski definition) is 2. The Hall–Kier alpha value is -1.84. The van der Waals surface area contributed by atoms with E-state index in [4.69, 9.17) is 0 Å². The molecule has 0 N–H and O–H groups in total. The molecule has 1 saturated carbocycles. The van der Waals surface area contributed by atoms with Crippen molar-refractivity contribution >= 4 is 17.3 Å². The Bertz CT molecular complexity index is 647. The third-order valence-electron chi connectivity index (χ3n) is 3.38. The van der Waals surface area contributed by atoms with E-state index >= 15 is 0 Å². The Balaban J connectivity index is 2.29. The Kier molecular flexibility index (Phi) is 2.18. The lowest BCUT2D eigenvalue weighted by Crippen LogP contribution is -2.21. The molecule has 3 rings (SSSR count). The van der Waals surface area contributed by atoms with Gasteiger partial charge in [0.05, 0.1) is 11.0 Å². The van der Waals surface area contributed by atoms with Crippen LogP contribution in [0, 0.1) is 0 Å². The highest BCUT2D eigenvalue weighted by Crippen LogP contribution is 2.36. The minimum atomic E-state index is 0.0470. The van der Waals surface area contributed by atoms with Crippen molar-refractivity contribution in [3.05, 3.63) is 34.2 Å². The van der Waals surface area contributed by atoms with Gasteiger partial charge in [-0.1, -0.05) is 6.07 Å². The van der Waals surface area contributed by atoms with E-state index in [1.165, 1.54) is 0 Å². The van der Waals surface area contributed by atoms with E-state index in [9.17, 15) is 9.59 Å². The molecule has 0 spiro atoms. The normalized spacial score (nSPS) is 15.4. The molecular weight excluding hydrogens is 216 g/mol. The van der Waals surface area contributed by atoms with E-state index in [2.05, 4.69) is 0 Å². The first-order valence-corrected chi connectivity index (χ1v) is 5.86. The molecule has 4 nitrogen and oxygen atoms in total. The van der Waals surface area contributed by atoms with Crippen LogP contribution in [0.15, 0.2) is 23.0 Å². The van der Waals surface area contributed by atoms with Gasteiger partial charge in [-0.15, -0.1) is 0 Å². The van der Waals surface area contributed by atoms with Crippen LogP contribution in [0.3, 0.4) is 0 Å². The summed E-state index contributed by atoms with van der Waals surface area (Å²) in [5.74, 6) is 0. The third kappa shape index (κ3) is 1.52. The van der Waals surface area contributed by atoms with Gasteiger partial charge in [0.25, 0.3) is 0 Å². The van der Waals surface area contributed by atoms with Crippen molar-refractivity contribution in [2.75, 3.05) is 0 Å². The number of aryl methyl sites for hydroxylation is 1. The summed E-state index contributed by atoms with van der Waals surface area (Å²) in [6.07, 6.45) is 3.46. The molecule has 17 heavy (non-hydrogen) atoms. The predicted octanol–water partition coefficient (Wildman–Crippen LogP) is 1.42. The largest absolute Gasteiger partial charge is 0.329 e. The Morgan fingerprint density at radius 2 is 2.12 bits per heavy atom. The monoisotopic (exact) mass is 230 g/mol. The molecule has 0 saturated heterocycles. The highest BCUT2D eigenvalue weighted by molar-refractivity contribution is 5.78. The molecule has 0 amide bonds. The number of rotatable bonds is 3. The van der Waals surface area contributed by atoms with Gasteiger partial charge >= 0.3 is 5.69 Å². The van der Waals surface area contributed by atoms with E-state index in [0.29, 0.717) is 12.5 Å². The van der Waals surface area contributed by atoms with Gasteiger partial charge in [-0.3, -0.25) is 9.13 Å². The van der Waals surface area contributed by atoms with E-state index in [1.807, 2.05) is 22.8 Å². The topological polar surface area (TPSA) is 44.0 Å². The van der Waals surface area contributed by atoms with E-state index in [1.54, 1.807) is 11.6 Å². The molecule has 0 bridgehead atoms. The fourth-order valence-electron chi connectivity index (χ4n) is 2.32. The zero-order valence-corrected chi connectivity index (χ0v) is 9.72. The van der Waals surface area contributed by atoms with Crippen LogP contribution in [0.4, 0.5) is 0 Å². The van der Waals surface area contributed by atoms with Gasteiger partial charge in [-0.2, -0.15) is 0 Å². The summed E-state index contributed by atoms with van der Waals surface area (Å²) in [7, 11) is 1.79. The number of aldehydes is 1. The second-order valence-corrected chi connectivity index (χ2v) is 4.64. The first-order chi connectivity index (χ1) is 8.22. The quantitative estimate of drug-likeness (QED) is 0.748. The number of carbonyl (C=O) groups is 1. The maximum Gasteiger partial charge on any atom is 0.329 e. The summed E-state index contributed by atoms with van der Waals surface area (Å²) in [6.45, 7) is 0. The molecular formula is C13H14N2O2. The Morgan fingerprint density at radius 3 is 2.76 bits per heavy atom. The second-order valence-electron chi connectivity index (χ2n) is 4.64. The van der Waals surface area contributed by atoms with Crippen LogP contribution < -0.4 is 5.69 Å². The average molecular weight is 230 g/mol. The Labute approximate surface area is 98.5 Å². The fourth-order valence-corrected chi connectivity index (χ4v) is 2.32.